The van der Waals surface area contributed by atoms with Gasteiger partial charge in [0.05, 0.1) is 12.5 Å². The van der Waals surface area contributed by atoms with Crippen molar-refractivity contribution in [2.45, 2.75) is 6.92 Å². The van der Waals surface area contributed by atoms with Crippen molar-refractivity contribution in [1.82, 2.24) is 0 Å². The highest BCUT2D eigenvalue weighted by atomic mass is 16.5. The van der Waals surface area contributed by atoms with Gasteiger partial charge in [-0.1, -0.05) is 56.5 Å². The molecular formula is C17H20O2. The van der Waals surface area contributed by atoms with E-state index in [1.807, 2.05) is 0 Å². The molecule has 0 aromatic carbocycles. The molecule has 2 rings (SSSR count). The topological polar surface area (TPSA) is 18.5 Å². The molecule has 0 amide bonds. The minimum Gasteiger partial charge on any atom is -0.497 e. The first kappa shape index (κ1) is 13.5. The summed E-state index contributed by atoms with van der Waals surface area (Å²) in [7, 11) is 0. The summed E-state index contributed by atoms with van der Waals surface area (Å²) in [4.78, 5) is 0. The quantitative estimate of drug-likeness (QED) is 0.671. The second-order valence-corrected chi connectivity index (χ2v) is 4.87. The zero-order chi connectivity index (χ0) is 13.7. The maximum Gasteiger partial charge on any atom is 0.112 e. The Bertz CT molecular complexity index is 479. The van der Waals surface area contributed by atoms with E-state index in [2.05, 4.69) is 56.5 Å². The average Bonchev–Trinajstić information content (AvgIpc) is 2.42. The lowest BCUT2D eigenvalue weighted by Gasteiger charge is -2.39. The predicted molar refractivity (Wildman–Crippen MR) is 78.3 cm³/mol. The summed E-state index contributed by atoms with van der Waals surface area (Å²) in [6.45, 7) is 10.5. The van der Waals surface area contributed by atoms with Gasteiger partial charge in [0.25, 0.3) is 0 Å². The van der Waals surface area contributed by atoms with Gasteiger partial charge in [-0.15, -0.1) is 0 Å². The molecule has 0 spiro atoms. The minimum atomic E-state index is -0.0492. The molecule has 100 valence electrons. The van der Waals surface area contributed by atoms with E-state index in [9.17, 15) is 0 Å². The van der Waals surface area contributed by atoms with E-state index in [-0.39, 0.29) is 5.41 Å². The third-order valence-corrected chi connectivity index (χ3v) is 3.81. The van der Waals surface area contributed by atoms with Crippen LogP contribution in [0.2, 0.25) is 0 Å². The molecule has 2 nitrogen and oxygen atoms in total. The number of rotatable bonds is 6. The molecule has 0 saturated heterocycles. The smallest absolute Gasteiger partial charge is 0.112 e. The summed E-state index contributed by atoms with van der Waals surface area (Å²) in [5.74, 6) is 0.369. The number of hydrogen-bond acceptors (Lipinski definition) is 2. The van der Waals surface area contributed by atoms with Crippen molar-refractivity contribution in [1.29, 1.82) is 0 Å². The summed E-state index contributed by atoms with van der Waals surface area (Å²) in [6.07, 6.45) is 15.9. The molecule has 2 aliphatic rings. The Morgan fingerprint density at radius 3 is 2.63 bits per heavy atom. The molecule has 0 aromatic rings. The van der Waals surface area contributed by atoms with Crippen LogP contribution in [0.1, 0.15) is 6.92 Å². The molecule has 2 unspecified atom stereocenters. The first-order chi connectivity index (χ1) is 9.22. The van der Waals surface area contributed by atoms with Gasteiger partial charge in [-0.3, -0.25) is 0 Å². The fourth-order valence-corrected chi connectivity index (χ4v) is 2.66. The van der Waals surface area contributed by atoms with Crippen LogP contribution in [-0.2, 0) is 9.47 Å². The standard InChI is InChI=1S/C17H20O2/c1-4-18-12-14-9-10-15-8-6-7-11-17(15,3)16(14)13-19-5-2/h4-11,15H,1-2,12-13H2,3H3. The Labute approximate surface area is 115 Å². The highest BCUT2D eigenvalue weighted by Gasteiger charge is 2.37. The first-order valence-corrected chi connectivity index (χ1v) is 6.44. The van der Waals surface area contributed by atoms with E-state index in [0.29, 0.717) is 19.1 Å². The highest BCUT2D eigenvalue weighted by molar-refractivity contribution is 5.44. The van der Waals surface area contributed by atoms with Gasteiger partial charge in [0.2, 0.25) is 0 Å². The van der Waals surface area contributed by atoms with E-state index in [4.69, 9.17) is 9.47 Å². The Balaban J connectivity index is 2.36. The fourth-order valence-electron chi connectivity index (χ4n) is 2.66. The van der Waals surface area contributed by atoms with E-state index < -0.39 is 0 Å². The molecule has 0 saturated carbocycles. The molecule has 0 aromatic heterocycles. The van der Waals surface area contributed by atoms with Crippen molar-refractivity contribution < 1.29 is 9.47 Å². The maximum absolute atomic E-state index is 5.43. The highest BCUT2D eigenvalue weighted by Crippen LogP contribution is 2.45. The molecule has 0 N–H and O–H groups in total. The Kier molecular flexibility index (Phi) is 4.10. The lowest BCUT2D eigenvalue weighted by molar-refractivity contribution is 0.236. The van der Waals surface area contributed by atoms with Crippen LogP contribution in [-0.4, -0.2) is 13.2 Å². The van der Waals surface area contributed by atoms with Crippen LogP contribution in [0.25, 0.3) is 0 Å². The van der Waals surface area contributed by atoms with Crippen LogP contribution in [0.15, 0.2) is 73.3 Å². The SMILES string of the molecule is C=COCC1=C(COC=C)C2(C)C=CC=CC2C=C1. The Hall–Kier alpha value is -1.96. The van der Waals surface area contributed by atoms with Gasteiger partial charge >= 0.3 is 0 Å². The molecule has 0 bridgehead atoms. The van der Waals surface area contributed by atoms with Gasteiger partial charge < -0.3 is 9.47 Å². The molecular weight excluding hydrogens is 236 g/mol. The van der Waals surface area contributed by atoms with Gasteiger partial charge in [-0.2, -0.15) is 0 Å². The van der Waals surface area contributed by atoms with Crippen LogP contribution in [0.3, 0.4) is 0 Å². The normalized spacial score (nSPS) is 27.9. The van der Waals surface area contributed by atoms with E-state index in [0.717, 1.165) is 5.57 Å². The van der Waals surface area contributed by atoms with Crippen LogP contribution >= 0.6 is 0 Å². The summed E-state index contributed by atoms with van der Waals surface area (Å²) >= 11 is 0. The Morgan fingerprint density at radius 1 is 1.16 bits per heavy atom. The average molecular weight is 256 g/mol. The third kappa shape index (κ3) is 2.58. The van der Waals surface area contributed by atoms with Crippen molar-refractivity contribution in [3.05, 3.63) is 73.3 Å². The number of allylic oxidation sites excluding steroid dienone is 5. The largest absolute Gasteiger partial charge is 0.497 e. The second-order valence-electron chi connectivity index (χ2n) is 4.87. The fraction of sp³-hybridized carbons (Fsp3) is 0.294. The molecule has 19 heavy (non-hydrogen) atoms. The molecule has 2 aliphatic carbocycles. The molecule has 0 fully saturated rings. The Morgan fingerprint density at radius 2 is 1.89 bits per heavy atom. The van der Waals surface area contributed by atoms with Gasteiger partial charge in [-0.05, 0) is 11.1 Å². The lowest BCUT2D eigenvalue weighted by atomic mass is 9.65. The van der Waals surface area contributed by atoms with Gasteiger partial charge in [0.1, 0.15) is 13.2 Å². The lowest BCUT2D eigenvalue weighted by Crippen LogP contribution is -2.32. The van der Waals surface area contributed by atoms with Gasteiger partial charge in [-0.25, -0.2) is 0 Å². The molecule has 2 heteroatoms. The monoisotopic (exact) mass is 256 g/mol. The van der Waals surface area contributed by atoms with Gasteiger partial charge in [0.15, 0.2) is 0 Å². The zero-order valence-corrected chi connectivity index (χ0v) is 11.3. The van der Waals surface area contributed by atoms with Gasteiger partial charge in [0, 0.05) is 11.3 Å². The number of fused-ring (bicyclic) bond motifs is 1. The number of ether oxygens (including phenoxy) is 2. The van der Waals surface area contributed by atoms with E-state index >= 15 is 0 Å². The summed E-state index contributed by atoms with van der Waals surface area (Å²) < 4.78 is 10.8. The maximum atomic E-state index is 5.43. The van der Waals surface area contributed by atoms with Crippen molar-refractivity contribution in [3.8, 4) is 0 Å². The van der Waals surface area contributed by atoms with Crippen LogP contribution in [0.4, 0.5) is 0 Å². The van der Waals surface area contributed by atoms with Crippen molar-refractivity contribution in [2.75, 3.05) is 13.2 Å². The first-order valence-electron chi connectivity index (χ1n) is 6.44. The summed E-state index contributed by atoms with van der Waals surface area (Å²) in [6, 6.07) is 0. The second kappa shape index (κ2) is 5.79. The minimum absolute atomic E-state index is 0.0492. The molecule has 0 aliphatic heterocycles. The molecule has 0 radical (unpaired) electrons. The zero-order valence-electron chi connectivity index (χ0n) is 11.3. The molecule has 0 heterocycles. The predicted octanol–water partition coefficient (Wildman–Crippen LogP) is 3.92. The van der Waals surface area contributed by atoms with Crippen molar-refractivity contribution in [3.63, 3.8) is 0 Å². The van der Waals surface area contributed by atoms with Crippen LogP contribution in [0, 0.1) is 11.3 Å². The molecule has 2 atom stereocenters. The van der Waals surface area contributed by atoms with Crippen molar-refractivity contribution in [2.24, 2.45) is 11.3 Å². The van der Waals surface area contributed by atoms with Crippen molar-refractivity contribution >= 4 is 0 Å². The number of hydrogen-bond donors (Lipinski definition) is 0. The van der Waals surface area contributed by atoms with E-state index in [1.54, 1.807) is 0 Å². The summed E-state index contributed by atoms with van der Waals surface area (Å²) in [5, 5.41) is 0. The van der Waals surface area contributed by atoms with Crippen LogP contribution < -0.4 is 0 Å². The summed E-state index contributed by atoms with van der Waals surface area (Å²) in [5.41, 5.74) is 2.34. The third-order valence-electron chi connectivity index (χ3n) is 3.81. The van der Waals surface area contributed by atoms with E-state index in [1.165, 1.54) is 18.1 Å². The van der Waals surface area contributed by atoms with Crippen LogP contribution in [0.5, 0.6) is 0 Å².